The molecule has 1 N–H and O–H groups in total. The van der Waals surface area contributed by atoms with E-state index in [9.17, 15) is 0 Å². The quantitative estimate of drug-likeness (QED) is 0.865. The Hall–Kier alpha value is -2.08. The van der Waals surface area contributed by atoms with Gasteiger partial charge in [0.1, 0.15) is 0 Å². The van der Waals surface area contributed by atoms with Gasteiger partial charge in [0.05, 0.1) is 0 Å². The van der Waals surface area contributed by atoms with Crippen molar-refractivity contribution in [1.82, 2.24) is 15.0 Å². The first kappa shape index (κ1) is 17.3. The van der Waals surface area contributed by atoms with Crippen LogP contribution >= 0.6 is 11.6 Å². The summed E-state index contributed by atoms with van der Waals surface area (Å²) in [6, 6.07) is 7.63. The largest absolute Gasteiger partial charge is 0.341 e. The van der Waals surface area contributed by atoms with Gasteiger partial charge in [-0.15, -0.1) is 0 Å². The Bertz CT molecular complexity index is 704. The van der Waals surface area contributed by atoms with Crippen molar-refractivity contribution in [3.8, 4) is 0 Å². The summed E-state index contributed by atoms with van der Waals surface area (Å²) in [6.45, 7) is 4.06. The minimum absolute atomic E-state index is 0.586. The minimum atomic E-state index is 0.586. The van der Waals surface area contributed by atoms with Crippen LogP contribution in [0.15, 0.2) is 24.3 Å². The van der Waals surface area contributed by atoms with Gasteiger partial charge >= 0.3 is 0 Å². The van der Waals surface area contributed by atoms with Gasteiger partial charge in [0, 0.05) is 36.9 Å². The molecule has 1 aromatic heterocycles. The van der Waals surface area contributed by atoms with E-state index in [1.807, 2.05) is 24.3 Å². The highest BCUT2D eigenvalue weighted by Gasteiger charge is 2.20. The molecule has 0 atom stereocenters. The van der Waals surface area contributed by atoms with E-state index in [2.05, 4.69) is 15.1 Å². The summed E-state index contributed by atoms with van der Waals surface area (Å²) in [5.41, 5.74) is 0.887. The number of nitrogens with one attached hydrogen (secondary N) is 1. The fraction of sp³-hybridized carbons (Fsp3) is 0.526. The summed E-state index contributed by atoms with van der Waals surface area (Å²) in [4.78, 5) is 18.8. The topological polar surface area (TPSA) is 57.2 Å². The van der Waals surface area contributed by atoms with Crippen LogP contribution < -0.4 is 15.1 Å². The molecule has 0 unspecified atom stereocenters. The molecule has 26 heavy (non-hydrogen) atoms. The number of halogens is 1. The molecule has 2 aromatic rings. The van der Waals surface area contributed by atoms with Crippen LogP contribution in [0, 0.1) is 0 Å². The van der Waals surface area contributed by atoms with Crippen molar-refractivity contribution in [2.24, 2.45) is 0 Å². The van der Waals surface area contributed by atoms with Gasteiger partial charge in [-0.1, -0.05) is 17.7 Å². The highest BCUT2D eigenvalue weighted by Crippen LogP contribution is 2.24. The molecular formula is C19H25ClN6. The van der Waals surface area contributed by atoms with Crippen LogP contribution in [0.1, 0.15) is 38.5 Å². The number of anilines is 4. The van der Waals surface area contributed by atoms with Crippen LogP contribution in [-0.4, -0.2) is 41.1 Å². The molecule has 4 rings (SSSR count). The van der Waals surface area contributed by atoms with E-state index in [4.69, 9.17) is 26.6 Å². The minimum Gasteiger partial charge on any atom is -0.341 e. The lowest BCUT2D eigenvalue weighted by Crippen LogP contribution is -2.34. The molecule has 3 heterocycles. The smallest absolute Gasteiger partial charge is 0.233 e. The van der Waals surface area contributed by atoms with Gasteiger partial charge in [0.15, 0.2) is 0 Å². The third-order valence-electron chi connectivity index (χ3n) is 4.97. The second kappa shape index (κ2) is 8.08. The Kier molecular flexibility index (Phi) is 5.39. The Labute approximate surface area is 159 Å². The summed E-state index contributed by atoms with van der Waals surface area (Å²) < 4.78 is 0. The average molecular weight is 373 g/mol. The van der Waals surface area contributed by atoms with Gasteiger partial charge < -0.3 is 15.1 Å². The maximum atomic E-state index is 6.11. The standard InChI is InChI=1S/C19H25ClN6/c20-15-8-7-9-16(14-15)21-17-22-18(25-10-3-1-4-11-25)24-19(23-17)26-12-5-2-6-13-26/h7-9,14H,1-6,10-13H2,(H,21,22,23,24). The molecule has 0 amide bonds. The van der Waals surface area contributed by atoms with Crippen LogP contribution in [-0.2, 0) is 0 Å². The van der Waals surface area contributed by atoms with E-state index in [0.29, 0.717) is 11.0 Å². The van der Waals surface area contributed by atoms with Crippen molar-refractivity contribution in [3.63, 3.8) is 0 Å². The van der Waals surface area contributed by atoms with Gasteiger partial charge in [-0.3, -0.25) is 0 Å². The number of aromatic nitrogens is 3. The highest BCUT2D eigenvalue weighted by molar-refractivity contribution is 6.30. The molecule has 2 aliphatic heterocycles. The predicted octanol–water partition coefficient (Wildman–Crippen LogP) is 4.25. The van der Waals surface area contributed by atoms with Crippen LogP contribution in [0.4, 0.5) is 23.5 Å². The fourth-order valence-electron chi connectivity index (χ4n) is 3.58. The second-order valence-corrected chi connectivity index (χ2v) is 7.43. The maximum Gasteiger partial charge on any atom is 0.233 e. The Balaban J connectivity index is 1.64. The van der Waals surface area contributed by atoms with Gasteiger partial charge in [0.25, 0.3) is 0 Å². The van der Waals surface area contributed by atoms with E-state index >= 15 is 0 Å². The Morgan fingerprint density at radius 3 is 1.88 bits per heavy atom. The van der Waals surface area contributed by atoms with Crippen molar-refractivity contribution < 1.29 is 0 Å². The molecule has 0 spiro atoms. The zero-order chi connectivity index (χ0) is 17.8. The summed E-state index contributed by atoms with van der Waals surface area (Å²) in [6.07, 6.45) is 7.36. The zero-order valence-corrected chi connectivity index (χ0v) is 15.8. The van der Waals surface area contributed by atoms with Crippen molar-refractivity contribution in [3.05, 3.63) is 29.3 Å². The van der Waals surface area contributed by atoms with Gasteiger partial charge in [-0.2, -0.15) is 15.0 Å². The van der Waals surface area contributed by atoms with Gasteiger partial charge in [0.2, 0.25) is 17.8 Å². The first-order valence-corrected chi connectivity index (χ1v) is 9.94. The third-order valence-corrected chi connectivity index (χ3v) is 5.21. The van der Waals surface area contributed by atoms with Crippen LogP contribution in [0.25, 0.3) is 0 Å². The van der Waals surface area contributed by atoms with Crippen molar-refractivity contribution in [1.29, 1.82) is 0 Å². The number of nitrogens with zero attached hydrogens (tertiary/aromatic N) is 5. The summed E-state index contributed by atoms with van der Waals surface area (Å²) in [5.74, 6) is 2.15. The fourth-order valence-corrected chi connectivity index (χ4v) is 3.77. The van der Waals surface area contributed by atoms with Crippen molar-refractivity contribution in [2.75, 3.05) is 41.3 Å². The first-order valence-electron chi connectivity index (χ1n) is 9.56. The molecule has 0 bridgehead atoms. The van der Waals surface area contributed by atoms with E-state index < -0.39 is 0 Å². The number of hydrogen-bond donors (Lipinski definition) is 1. The molecule has 2 aliphatic rings. The molecule has 0 radical (unpaired) electrons. The average Bonchev–Trinajstić information content (AvgIpc) is 2.69. The number of hydrogen-bond acceptors (Lipinski definition) is 6. The lowest BCUT2D eigenvalue weighted by atomic mass is 10.1. The molecule has 0 aliphatic carbocycles. The lowest BCUT2D eigenvalue weighted by molar-refractivity contribution is 0.556. The third kappa shape index (κ3) is 4.18. The first-order chi connectivity index (χ1) is 12.8. The van der Waals surface area contributed by atoms with E-state index in [1.54, 1.807) is 0 Å². The summed E-state index contributed by atoms with van der Waals surface area (Å²) >= 11 is 6.11. The van der Waals surface area contributed by atoms with E-state index in [-0.39, 0.29) is 0 Å². The Morgan fingerprint density at radius 2 is 1.35 bits per heavy atom. The monoisotopic (exact) mass is 372 g/mol. The molecule has 6 nitrogen and oxygen atoms in total. The molecule has 1 aromatic carbocycles. The number of piperidine rings is 2. The molecule has 2 saturated heterocycles. The lowest BCUT2D eigenvalue weighted by Gasteiger charge is -2.30. The van der Waals surface area contributed by atoms with E-state index in [0.717, 1.165) is 43.8 Å². The summed E-state index contributed by atoms with van der Waals surface area (Å²) in [7, 11) is 0. The van der Waals surface area contributed by atoms with Crippen LogP contribution in [0.3, 0.4) is 0 Å². The van der Waals surface area contributed by atoms with Gasteiger partial charge in [-0.25, -0.2) is 0 Å². The molecular weight excluding hydrogens is 348 g/mol. The van der Waals surface area contributed by atoms with Crippen molar-refractivity contribution in [2.45, 2.75) is 38.5 Å². The second-order valence-electron chi connectivity index (χ2n) is 6.99. The van der Waals surface area contributed by atoms with Crippen molar-refractivity contribution >= 4 is 35.1 Å². The molecule has 7 heteroatoms. The van der Waals surface area contributed by atoms with Gasteiger partial charge in [-0.05, 0) is 56.7 Å². The molecule has 2 fully saturated rings. The SMILES string of the molecule is Clc1cccc(Nc2nc(N3CCCCC3)nc(N3CCCCC3)n2)c1. The molecule has 138 valence electrons. The maximum absolute atomic E-state index is 6.11. The van der Waals surface area contributed by atoms with Crippen LogP contribution in [0.2, 0.25) is 5.02 Å². The Morgan fingerprint density at radius 1 is 0.769 bits per heavy atom. The number of benzene rings is 1. The van der Waals surface area contributed by atoms with Crippen LogP contribution in [0.5, 0.6) is 0 Å². The predicted molar refractivity (Wildman–Crippen MR) is 107 cm³/mol. The normalized spacial score (nSPS) is 18.0. The summed E-state index contributed by atoms with van der Waals surface area (Å²) in [5, 5.41) is 3.99. The highest BCUT2D eigenvalue weighted by atomic mass is 35.5. The van der Waals surface area contributed by atoms with E-state index in [1.165, 1.54) is 38.5 Å². The number of rotatable bonds is 4. The zero-order valence-electron chi connectivity index (χ0n) is 15.0. The molecule has 0 saturated carbocycles.